The Morgan fingerprint density at radius 1 is 1.08 bits per heavy atom. The SMILES string of the molecule is Fc1cccc(CC2CC2)c1.NC(=O)Cc1c(F)ccc(F)c1C(=O)O. The van der Waals surface area contributed by atoms with Gasteiger partial charge in [-0.2, -0.15) is 0 Å². The number of carbonyl (C=O) groups is 2. The fourth-order valence-electron chi connectivity index (χ4n) is 2.49. The minimum absolute atomic E-state index is 0.108. The molecule has 0 radical (unpaired) electrons. The normalized spacial score (nSPS) is 12.9. The van der Waals surface area contributed by atoms with Crippen molar-refractivity contribution in [2.75, 3.05) is 0 Å². The number of benzene rings is 2. The molecule has 0 aliphatic heterocycles. The van der Waals surface area contributed by atoms with Crippen molar-refractivity contribution in [2.24, 2.45) is 11.7 Å². The van der Waals surface area contributed by atoms with Crippen LogP contribution in [0, 0.1) is 23.4 Å². The monoisotopic (exact) mass is 365 g/mol. The van der Waals surface area contributed by atoms with Crippen LogP contribution in [-0.4, -0.2) is 17.0 Å². The predicted octanol–water partition coefficient (Wildman–Crippen LogP) is 3.47. The summed E-state index contributed by atoms with van der Waals surface area (Å²) in [6.07, 6.45) is 3.08. The molecule has 2 aromatic rings. The van der Waals surface area contributed by atoms with Crippen molar-refractivity contribution in [3.8, 4) is 0 Å². The lowest BCUT2D eigenvalue weighted by molar-refractivity contribution is -0.117. The second-order valence-corrected chi connectivity index (χ2v) is 6.11. The fraction of sp³-hybridized carbons (Fsp3) is 0.263. The number of amides is 1. The molecule has 1 saturated carbocycles. The second kappa shape index (κ2) is 8.51. The van der Waals surface area contributed by atoms with Gasteiger partial charge in [0.25, 0.3) is 0 Å². The van der Waals surface area contributed by atoms with Gasteiger partial charge in [-0.05, 0) is 55.0 Å². The molecule has 0 spiro atoms. The molecule has 26 heavy (non-hydrogen) atoms. The Morgan fingerprint density at radius 3 is 2.27 bits per heavy atom. The van der Waals surface area contributed by atoms with Crippen LogP contribution in [-0.2, 0) is 17.6 Å². The molecule has 0 saturated heterocycles. The van der Waals surface area contributed by atoms with Gasteiger partial charge in [-0.15, -0.1) is 0 Å². The van der Waals surface area contributed by atoms with Crippen LogP contribution in [0.2, 0.25) is 0 Å². The van der Waals surface area contributed by atoms with Crippen molar-refractivity contribution in [3.63, 3.8) is 0 Å². The molecule has 1 aliphatic rings. The smallest absolute Gasteiger partial charge is 0.339 e. The van der Waals surface area contributed by atoms with Crippen LogP contribution in [0.1, 0.15) is 34.3 Å². The topological polar surface area (TPSA) is 80.4 Å². The van der Waals surface area contributed by atoms with E-state index in [4.69, 9.17) is 10.8 Å². The van der Waals surface area contributed by atoms with E-state index in [-0.39, 0.29) is 5.82 Å². The number of hydrogen-bond donors (Lipinski definition) is 2. The van der Waals surface area contributed by atoms with Crippen LogP contribution in [0.15, 0.2) is 36.4 Å². The Hall–Kier alpha value is -2.83. The van der Waals surface area contributed by atoms with Gasteiger partial charge in [0.05, 0.1) is 6.42 Å². The lowest BCUT2D eigenvalue weighted by atomic mass is 10.0. The van der Waals surface area contributed by atoms with Crippen molar-refractivity contribution in [1.29, 1.82) is 0 Å². The van der Waals surface area contributed by atoms with Crippen molar-refractivity contribution in [1.82, 2.24) is 0 Å². The van der Waals surface area contributed by atoms with Gasteiger partial charge in [0.15, 0.2) is 0 Å². The summed E-state index contributed by atoms with van der Waals surface area (Å²) in [6.45, 7) is 0. The van der Waals surface area contributed by atoms with Gasteiger partial charge >= 0.3 is 5.97 Å². The van der Waals surface area contributed by atoms with E-state index in [1.165, 1.54) is 18.9 Å². The minimum atomic E-state index is -1.64. The highest BCUT2D eigenvalue weighted by atomic mass is 19.1. The average molecular weight is 365 g/mol. The number of carboxylic acid groups (broad SMARTS) is 1. The summed E-state index contributed by atoms with van der Waals surface area (Å²) >= 11 is 0. The largest absolute Gasteiger partial charge is 0.478 e. The molecule has 0 atom stereocenters. The van der Waals surface area contributed by atoms with Crippen molar-refractivity contribution in [3.05, 3.63) is 70.5 Å². The number of primary amides is 1. The molecule has 2 aromatic carbocycles. The number of carboxylic acids is 1. The molecule has 3 N–H and O–H groups in total. The number of halogens is 3. The van der Waals surface area contributed by atoms with E-state index in [1.54, 1.807) is 12.1 Å². The van der Waals surface area contributed by atoms with Crippen LogP contribution in [0.25, 0.3) is 0 Å². The summed E-state index contributed by atoms with van der Waals surface area (Å²) < 4.78 is 38.8. The van der Waals surface area contributed by atoms with Gasteiger partial charge < -0.3 is 10.8 Å². The summed E-state index contributed by atoms with van der Waals surface area (Å²) in [7, 11) is 0. The molecule has 138 valence electrons. The van der Waals surface area contributed by atoms with E-state index in [0.29, 0.717) is 6.07 Å². The fourth-order valence-corrected chi connectivity index (χ4v) is 2.49. The van der Waals surface area contributed by atoms with Gasteiger partial charge in [-0.1, -0.05) is 12.1 Å². The van der Waals surface area contributed by atoms with Gasteiger partial charge in [-0.25, -0.2) is 18.0 Å². The lowest BCUT2D eigenvalue weighted by Gasteiger charge is -2.06. The number of aromatic carboxylic acids is 1. The molecule has 1 fully saturated rings. The van der Waals surface area contributed by atoms with Gasteiger partial charge in [-0.3, -0.25) is 4.79 Å². The third-order valence-electron chi connectivity index (χ3n) is 3.88. The van der Waals surface area contributed by atoms with E-state index in [1.807, 2.05) is 6.07 Å². The minimum Gasteiger partial charge on any atom is -0.478 e. The maximum Gasteiger partial charge on any atom is 0.339 e. The first-order valence-corrected chi connectivity index (χ1v) is 8.00. The zero-order chi connectivity index (χ0) is 19.3. The Morgan fingerprint density at radius 2 is 1.73 bits per heavy atom. The molecule has 1 aliphatic carbocycles. The zero-order valence-electron chi connectivity index (χ0n) is 13.8. The first kappa shape index (κ1) is 19.5. The second-order valence-electron chi connectivity index (χ2n) is 6.11. The molecular formula is C19H18F3NO3. The molecule has 7 heteroatoms. The molecule has 0 heterocycles. The summed E-state index contributed by atoms with van der Waals surface area (Å²) in [5.41, 5.74) is 4.55. The maximum absolute atomic E-state index is 13.1. The Balaban J connectivity index is 0.000000195. The molecule has 0 aromatic heterocycles. The molecule has 0 unspecified atom stereocenters. The van der Waals surface area contributed by atoms with Gasteiger partial charge in [0.2, 0.25) is 5.91 Å². The maximum atomic E-state index is 13.1. The molecule has 1 amide bonds. The van der Waals surface area contributed by atoms with E-state index >= 15 is 0 Å². The molecular weight excluding hydrogens is 347 g/mol. The van der Waals surface area contributed by atoms with Gasteiger partial charge in [0, 0.05) is 5.56 Å². The van der Waals surface area contributed by atoms with E-state index in [9.17, 15) is 22.8 Å². The Labute approximate surface area is 148 Å². The summed E-state index contributed by atoms with van der Waals surface area (Å²) in [6, 6.07) is 8.35. The summed E-state index contributed by atoms with van der Waals surface area (Å²) in [5, 5.41) is 8.63. The highest BCUT2D eigenvalue weighted by Crippen LogP contribution is 2.32. The first-order valence-electron chi connectivity index (χ1n) is 8.00. The van der Waals surface area contributed by atoms with Crippen LogP contribution in [0.5, 0.6) is 0 Å². The van der Waals surface area contributed by atoms with Crippen LogP contribution in [0.3, 0.4) is 0 Å². The third-order valence-corrected chi connectivity index (χ3v) is 3.88. The van der Waals surface area contributed by atoms with Gasteiger partial charge in [0.1, 0.15) is 23.0 Å². The quantitative estimate of drug-likeness (QED) is 0.851. The van der Waals surface area contributed by atoms with Crippen molar-refractivity contribution >= 4 is 11.9 Å². The number of carbonyl (C=O) groups excluding carboxylic acids is 1. The summed E-state index contributed by atoms with van der Waals surface area (Å²) in [5.74, 6) is -3.89. The van der Waals surface area contributed by atoms with E-state index in [2.05, 4.69) is 0 Å². The molecule has 4 nitrogen and oxygen atoms in total. The standard InChI is InChI=1S/C10H11F.C9H7F2NO3/c11-10-3-1-2-9(7-10)6-8-4-5-8;10-5-1-2-6(11)8(9(14)15)4(5)3-7(12)13/h1-3,7-8H,4-6H2;1-2H,3H2,(H2,12,13)(H,14,15). The summed E-state index contributed by atoms with van der Waals surface area (Å²) in [4.78, 5) is 21.2. The third kappa shape index (κ3) is 5.61. The van der Waals surface area contributed by atoms with Crippen molar-refractivity contribution in [2.45, 2.75) is 25.7 Å². The van der Waals surface area contributed by atoms with Crippen LogP contribution < -0.4 is 5.73 Å². The molecule has 0 bridgehead atoms. The van der Waals surface area contributed by atoms with Crippen molar-refractivity contribution < 1.29 is 27.9 Å². The predicted molar refractivity (Wildman–Crippen MR) is 89.0 cm³/mol. The van der Waals surface area contributed by atoms with E-state index < -0.39 is 41.1 Å². The average Bonchev–Trinajstić information content (AvgIpc) is 3.35. The van der Waals surface area contributed by atoms with Crippen LogP contribution >= 0.6 is 0 Å². The Bertz CT molecular complexity index is 820. The highest BCUT2D eigenvalue weighted by Gasteiger charge is 2.21. The molecule has 3 rings (SSSR count). The highest BCUT2D eigenvalue weighted by molar-refractivity contribution is 5.91. The number of nitrogens with two attached hydrogens (primary N) is 1. The zero-order valence-corrected chi connectivity index (χ0v) is 13.8. The van der Waals surface area contributed by atoms with E-state index in [0.717, 1.165) is 24.0 Å². The Kier molecular flexibility index (Phi) is 6.38. The first-order chi connectivity index (χ1) is 12.3. The number of hydrogen-bond acceptors (Lipinski definition) is 2. The number of rotatable bonds is 5. The van der Waals surface area contributed by atoms with Crippen LogP contribution in [0.4, 0.5) is 13.2 Å². The lowest BCUT2D eigenvalue weighted by Crippen LogP contribution is -2.18.